The van der Waals surface area contributed by atoms with Gasteiger partial charge in [0.05, 0.1) is 11.4 Å². The molecule has 0 radical (unpaired) electrons. The molecule has 1 aliphatic heterocycles. The van der Waals surface area contributed by atoms with Crippen LogP contribution in [0.4, 0.5) is 11.4 Å². The van der Waals surface area contributed by atoms with Crippen LogP contribution in [0.3, 0.4) is 0 Å². The highest BCUT2D eigenvalue weighted by molar-refractivity contribution is 7.92. The fourth-order valence-corrected chi connectivity index (χ4v) is 2.09. The molecule has 1 aromatic carbocycles. The molecule has 1 unspecified atom stereocenters. The molecule has 1 amide bonds. The number of nitrogens with one attached hydrogen (secondary N) is 1. The van der Waals surface area contributed by atoms with E-state index in [2.05, 4.69) is 5.32 Å². The molecular weight excluding hydrogens is 284 g/mol. The SMILES string of the molecule is CC(C(=O)Nc1cc2c(cc1N)OCCO2)S(C)(=O)=O. The van der Waals surface area contributed by atoms with Crippen LogP contribution in [0.2, 0.25) is 0 Å². The Morgan fingerprint density at radius 3 is 2.40 bits per heavy atom. The van der Waals surface area contributed by atoms with E-state index in [-0.39, 0.29) is 5.69 Å². The second-order valence-electron chi connectivity index (χ2n) is 4.54. The lowest BCUT2D eigenvalue weighted by Gasteiger charge is -2.20. The van der Waals surface area contributed by atoms with Gasteiger partial charge in [-0.2, -0.15) is 0 Å². The molecule has 8 heteroatoms. The number of anilines is 2. The van der Waals surface area contributed by atoms with Crippen molar-refractivity contribution in [3.63, 3.8) is 0 Å². The summed E-state index contributed by atoms with van der Waals surface area (Å²) >= 11 is 0. The van der Waals surface area contributed by atoms with Crippen molar-refractivity contribution in [2.45, 2.75) is 12.2 Å². The third kappa shape index (κ3) is 2.96. The molecule has 1 heterocycles. The molecule has 3 N–H and O–H groups in total. The van der Waals surface area contributed by atoms with Crippen LogP contribution in [-0.2, 0) is 14.6 Å². The first-order valence-electron chi connectivity index (χ1n) is 5.98. The van der Waals surface area contributed by atoms with E-state index in [1.807, 2.05) is 0 Å². The molecule has 0 aromatic heterocycles. The number of fused-ring (bicyclic) bond motifs is 1. The summed E-state index contributed by atoms with van der Waals surface area (Å²) in [5.74, 6) is 0.326. The van der Waals surface area contributed by atoms with E-state index in [1.54, 1.807) is 0 Å². The second-order valence-corrected chi connectivity index (χ2v) is 6.91. The summed E-state index contributed by atoms with van der Waals surface area (Å²) in [7, 11) is -3.46. The van der Waals surface area contributed by atoms with Crippen molar-refractivity contribution in [1.82, 2.24) is 0 Å². The number of amides is 1. The zero-order chi connectivity index (χ0) is 14.9. The van der Waals surface area contributed by atoms with Crippen molar-refractivity contribution in [1.29, 1.82) is 0 Å². The van der Waals surface area contributed by atoms with Crippen LogP contribution in [0.25, 0.3) is 0 Å². The summed E-state index contributed by atoms with van der Waals surface area (Å²) < 4.78 is 33.4. The van der Waals surface area contributed by atoms with Gasteiger partial charge in [-0.15, -0.1) is 0 Å². The van der Waals surface area contributed by atoms with Crippen molar-refractivity contribution in [2.75, 3.05) is 30.5 Å². The van der Waals surface area contributed by atoms with Crippen molar-refractivity contribution in [3.05, 3.63) is 12.1 Å². The quantitative estimate of drug-likeness (QED) is 0.783. The lowest BCUT2D eigenvalue weighted by atomic mass is 10.2. The first kappa shape index (κ1) is 14.4. The van der Waals surface area contributed by atoms with Gasteiger partial charge in [0.25, 0.3) is 0 Å². The standard InChI is InChI=1S/C12H16N2O5S/c1-7(20(2,16)17)12(15)14-9-6-11-10(5-8(9)13)18-3-4-19-11/h5-7H,3-4,13H2,1-2H3,(H,14,15). The molecule has 0 aliphatic carbocycles. The smallest absolute Gasteiger partial charge is 0.242 e. The summed E-state index contributed by atoms with van der Waals surface area (Å²) in [6.45, 7) is 2.16. The molecule has 0 spiro atoms. The number of carbonyl (C=O) groups is 1. The number of nitrogens with two attached hydrogens (primary N) is 1. The zero-order valence-corrected chi connectivity index (χ0v) is 12.0. The Kier molecular flexibility index (Phi) is 3.76. The van der Waals surface area contributed by atoms with Crippen LogP contribution >= 0.6 is 0 Å². The fourth-order valence-electron chi connectivity index (χ4n) is 1.64. The van der Waals surface area contributed by atoms with Crippen molar-refractivity contribution in [3.8, 4) is 11.5 Å². The summed E-state index contributed by atoms with van der Waals surface area (Å²) in [6.07, 6.45) is 1.00. The minimum Gasteiger partial charge on any atom is -0.486 e. The molecule has 2 rings (SSSR count). The van der Waals surface area contributed by atoms with Gasteiger partial charge in [-0.3, -0.25) is 4.79 Å². The average Bonchev–Trinajstić information content (AvgIpc) is 2.37. The molecule has 110 valence electrons. The van der Waals surface area contributed by atoms with Crippen LogP contribution in [0.1, 0.15) is 6.92 Å². The van der Waals surface area contributed by atoms with Crippen LogP contribution in [0.15, 0.2) is 12.1 Å². The summed E-state index contributed by atoms with van der Waals surface area (Å²) in [5.41, 5.74) is 6.38. The van der Waals surface area contributed by atoms with E-state index >= 15 is 0 Å². The Morgan fingerprint density at radius 1 is 1.30 bits per heavy atom. The number of ether oxygens (including phenoxy) is 2. The van der Waals surface area contributed by atoms with Gasteiger partial charge >= 0.3 is 0 Å². The van der Waals surface area contributed by atoms with Crippen molar-refractivity contribution >= 4 is 27.1 Å². The summed E-state index contributed by atoms with van der Waals surface area (Å²) in [4.78, 5) is 11.9. The van der Waals surface area contributed by atoms with E-state index in [0.29, 0.717) is 30.4 Å². The van der Waals surface area contributed by atoms with Gasteiger partial charge in [0.2, 0.25) is 5.91 Å². The third-order valence-electron chi connectivity index (χ3n) is 2.98. The van der Waals surface area contributed by atoms with E-state index < -0.39 is 21.0 Å². The Labute approximate surface area is 117 Å². The highest BCUT2D eigenvalue weighted by Crippen LogP contribution is 2.37. The third-order valence-corrected chi connectivity index (χ3v) is 4.48. The fraction of sp³-hybridized carbons (Fsp3) is 0.417. The molecule has 20 heavy (non-hydrogen) atoms. The predicted molar refractivity (Wildman–Crippen MR) is 74.8 cm³/mol. The number of rotatable bonds is 3. The molecular formula is C12H16N2O5S. The first-order valence-corrected chi connectivity index (χ1v) is 7.93. The van der Waals surface area contributed by atoms with E-state index in [1.165, 1.54) is 19.1 Å². The monoisotopic (exact) mass is 300 g/mol. The number of hydrogen-bond acceptors (Lipinski definition) is 6. The largest absolute Gasteiger partial charge is 0.486 e. The predicted octanol–water partition coefficient (Wildman–Crippen LogP) is 0.412. The minimum atomic E-state index is -3.46. The van der Waals surface area contributed by atoms with Gasteiger partial charge in [-0.25, -0.2) is 8.42 Å². The normalized spacial score (nSPS) is 15.5. The van der Waals surface area contributed by atoms with Gasteiger partial charge in [-0.1, -0.05) is 0 Å². The maximum atomic E-state index is 11.9. The molecule has 1 aromatic rings. The Hall–Kier alpha value is -1.96. The van der Waals surface area contributed by atoms with Crippen LogP contribution in [0, 0.1) is 0 Å². The number of nitrogen functional groups attached to an aromatic ring is 1. The van der Waals surface area contributed by atoms with Crippen LogP contribution < -0.4 is 20.5 Å². The van der Waals surface area contributed by atoms with E-state index in [4.69, 9.17) is 15.2 Å². The topological polar surface area (TPSA) is 108 Å². The minimum absolute atomic E-state index is 0.281. The molecule has 0 fully saturated rings. The van der Waals surface area contributed by atoms with Gasteiger partial charge in [0.1, 0.15) is 18.5 Å². The van der Waals surface area contributed by atoms with Crippen LogP contribution in [0.5, 0.6) is 11.5 Å². The molecule has 0 saturated carbocycles. The van der Waals surface area contributed by atoms with E-state index in [0.717, 1.165) is 6.26 Å². The zero-order valence-electron chi connectivity index (χ0n) is 11.2. The van der Waals surface area contributed by atoms with Gasteiger partial charge in [0, 0.05) is 18.4 Å². The Bertz CT molecular complexity index is 641. The van der Waals surface area contributed by atoms with Crippen molar-refractivity contribution in [2.24, 2.45) is 0 Å². The van der Waals surface area contributed by atoms with Gasteiger partial charge < -0.3 is 20.5 Å². The highest BCUT2D eigenvalue weighted by atomic mass is 32.2. The van der Waals surface area contributed by atoms with Crippen LogP contribution in [-0.4, -0.2) is 39.0 Å². The summed E-state index contributed by atoms with van der Waals surface area (Å²) in [6, 6.07) is 3.06. The molecule has 1 atom stereocenters. The molecule has 7 nitrogen and oxygen atoms in total. The Balaban J connectivity index is 2.24. The number of benzene rings is 1. The lowest BCUT2D eigenvalue weighted by molar-refractivity contribution is -0.115. The average molecular weight is 300 g/mol. The van der Waals surface area contributed by atoms with Gasteiger partial charge in [0.15, 0.2) is 21.3 Å². The number of sulfone groups is 1. The van der Waals surface area contributed by atoms with E-state index in [9.17, 15) is 13.2 Å². The van der Waals surface area contributed by atoms with Gasteiger partial charge in [-0.05, 0) is 6.92 Å². The lowest BCUT2D eigenvalue weighted by Crippen LogP contribution is -2.32. The Morgan fingerprint density at radius 2 is 1.85 bits per heavy atom. The summed E-state index contributed by atoms with van der Waals surface area (Å²) in [5, 5.41) is 1.33. The number of carbonyl (C=O) groups excluding carboxylic acids is 1. The second kappa shape index (κ2) is 5.20. The number of hydrogen-bond donors (Lipinski definition) is 2. The first-order chi connectivity index (χ1) is 9.29. The van der Waals surface area contributed by atoms with Crippen molar-refractivity contribution < 1.29 is 22.7 Å². The molecule has 0 bridgehead atoms. The highest BCUT2D eigenvalue weighted by Gasteiger charge is 2.25. The molecule has 0 saturated heterocycles. The molecule has 1 aliphatic rings. The maximum absolute atomic E-state index is 11.9. The maximum Gasteiger partial charge on any atom is 0.242 e.